The SMILES string of the molecule is CO/N=C(\C(=O)NC(C(=O)OC)[C@@H]1NC(C(=O)O)=CCS1)c1csc(N)n1. The Kier molecular flexibility index (Phi) is 7.01. The lowest BCUT2D eigenvalue weighted by atomic mass is 10.2. The predicted octanol–water partition coefficient (Wildman–Crippen LogP) is -0.635. The number of thioether (sulfide) groups is 1. The molecule has 1 aliphatic heterocycles. The van der Waals surface area contributed by atoms with E-state index < -0.39 is 29.3 Å². The fraction of sp³-hybridized carbons (Fsp3) is 0.357. The van der Waals surface area contributed by atoms with Gasteiger partial charge in [0.2, 0.25) is 0 Å². The number of carbonyl (C=O) groups is 3. The third kappa shape index (κ3) is 5.10. The summed E-state index contributed by atoms with van der Waals surface area (Å²) in [6, 6.07) is -1.19. The number of nitrogens with one attached hydrogen (secondary N) is 2. The number of oxime groups is 1. The smallest absolute Gasteiger partial charge is 0.351 e. The Hall–Kier alpha value is -2.80. The molecule has 1 aliphatic rings. The minimum atomic E-state index is -1.19. The molecule has 0 aromatic carbocycles. The lowest BCUT2D eigenvalue weighted by molar-refractivity contribution is -0.144. The molecule has 1 unspecified atom stereocenters. The minimum absolute atomic E-state index is 0.0695. The Balaban J connectivity index is 2.23. The van der Waals surface area contributed by atoms with E-state index in [2.05, 4.69) is 25.6 Å². The van der Waals surface area contributed by atoms with Gasteiger partial charge in [-0.25, -0.2) is 14.6 Å². The average Bonchev–Trinajstić information content (AvgIpc) is 3.09. The van der Waals surface area contributed by atoms with Crippen molar-refractivity contribution in [3.05, 3.63) is 22.8 Å². The second-order valence-corrected chi connectivity index (χ2v) is 7.05. The second-order valence-electron chi connectivity index (χ2n) is 4.99. The molecule has 0 fully saturated rings. The van der Waals surface area contributed by atoms with Crippen LogP contribution >= 0.6 is 23.1 Å². The van der Waals surface area contributed by atoms with Crippen LogP contribution in [0.2, 0.25) is 0 Å². The number of hydrogen-bond acceptors (Lipinski definition) is 11. The molecule has 2 heterocycles. The number of hydrogen-bond donors (Lipinski definition) is 4. The first-order valence-electron chi connectivity index (χ1n) is 7.40. The predicted molar refractivity (Wildman–Crippen MR) is 99.1 cm³/mol. The summed E-state index contributed by atoms with van der Waals surface area (Å²) in [6.45, 7) is 0. The van der Waals surface area contributed by atoms with Gasteiger partial charge in [-0.15, -0.1) is 23.1 Å². The maximum absolute atomic E-state index is 12.7. The van der Waals surface area contributed by atoms with E-state index in [-0.39, 0.29) is 22.2 Å². The van der Waals surface area contributed by atoms with Crippen LogP contribution in [0.15, 0.2) is 22.3 Å². The fourth-order valence-electron chi connectivity index (χ4n) is 2.10. The molecule has 0 radical (unpaired) electrons. The summed E-state index contributed by atoms with van der Waals surface area (Å²) in [5, 5.41) is 18.9. The highest BCUT2D eigenvalue weighted by molar-refractivity contribution is 8.00. The number of esters is 1. The number of amides is 1. The molecule has 13 heteroatoms. The molecule has 146 valence electrons. The summed E-state index contributed by atoms with van der Waals surface area (Å²) < 4.78 is 4.73. The first-order chi connectivity index (χ1) is 12.9. The Morgan fingerprint density at radius 1 is 1.48 bits per heavy atom. The maximum atomic E-state index is 12.7. The first kappa shape index (κ1) is 20.5. The molecule has 5 N–H and O–H groups in total. The third-order valence-electron chi connectivity index (χ3n) is 3.30. The molecule has 0 spiro atoms. The molecule has 2 atom stereocenters. The number of rotatable bonds is 7. The van der Waals surface area contributed by atoms with E-state index in [1.54, 1.807) is 0 Å². The van der Waals surface area contributed by atoms with Crippen LogP contribution in [0.25, 0.3) is 0 Å². The lowest BCUT2D eigenvalue weighted by Gasteiger charge is -2.29. The van der Waals surface area contributed by atoms with Crippen molar-refractivity contribution in [3.63, 3.8) is 0 Å². The van der Waals surface area contributed by atoms with Crippen molar-refractivity contribution < 1.29 is 29.1 Å². The standard InChI is InChI=1S/C14H17N5O6S2/c1-24-13(23)9(11-16-6(12(21)22)3-4-26-11)18-10(20)8(19-25-2)7-5-27-14(15)17-7/h3,5,9,11,16H,4H2,1-2H3,(H2,15,17)(H,18,20)(H,21,22)/b19-8-/t9?,11-/m1/s1. The van der Waals surface area contributed by atoms with Crippen LogP contribution in [-0.2, 0) is 24.0 Å². The first-order valence-corrected chi connectivity index (χ1v) is 9.33. The number of nitrogens with two attached hydrogens (primary N) is 1. The van der Waals surface area contributed by atoms with Crippen molar-refractivity contribution in [2.45, 2.75) is 11.4 Å². The Labute approximate surface area is 162 Å². The summed E-state index contributed by atoms with van der Waals surface area (Å²) in [5.74, 6) is -2.35. The molecule has 27 heavy (non-hydrogen) atoms. The van der Waals surface area contributed by atoms with Crippen molar-refractivity contribution in [2.24, 2.45) is 5.16 Å². The van der Waals surface area contributed by atoms with Gasteiger partial charge in [0.15, 0.2) is 16.9 Å². The van der Waals surface area contributed by atoms with Crippen molar-refractivity contribution in [1.29, 1.82) is 0 Å². The lowest BCUT2D eigenvalue weighted by Crippen LogP contribution is -2.55. The van der Waals surface area contributed by atoms with Gasteiger partial charge in [-0.3, -0.25) is 4.79 Å². The highest BCUT2D eigenvalue weighted by atomic mass is 32.2. The largest absolute Gasteiger partial charge is 0.477 e. The van der Waals surface area contributed by atoms with Crippen LogP contribution in [0.5, 0.6) is 0 Å². The zero-order valence-corrected chi connectivity index (χ0v) is 15.9. The molecule has 1 aromatic rings. The number of aromatic nitrogens is 1. The van der Waals surface area contributed by atoms with Gasteiger partial charge in [0.1, 0.15) is 23.9 Å². The van der Waals surface area contributed by atoms with Crippen molar-refractivity contribution in [3.8, 4) is 0 Å². The van der Waals surface area contributed by atoms with Crippen molar-refractivity contribution in [1.82, 2.24) is 15.6 Å². The molecule has 0 aliphatic carbocycles. The highest BCUT2D eigenvalue weighted by Crippen LogP contribution is 2.21. The van der Waals surface area contributed by atoms with Gasteiger partial charge >= 0.3 is 11.9 Å². The number of carboxylic acids is 1. The number of nitrogen functional groups attached to an aromatic ring is 1. The van der Waals surface area contributed by atoms with Crippen LogP contribution in [0.4, 0.5) is 5.13 Å². The van der Waals surface area contributed by atoms with E-state index in [1.807, 2.05) is 0 Å². The minimum Gasteiger partial charge on any atom is -0.477 e. The van der Waals surface area contributed by atoms with Crippen molar-refractivity contribution in [2.75, 3.05) is 25.7 Å². The molecule has 0 saturated heterocycles. The van der Waals surface area contributed by atoms with Gasteiger partial charge < -0.3 is 31.0 Å². The van der Waals surface area contributed by atoms with E-state index in [0.29, 0.717) is 5.75 Å². The topological polar surface area (TPSA) is 165 Å². The van der Waals surface area contributed by atoms with Crippen LogP contribution in [0.3, 0.4) is 0 Å². The normalized spacial score (nSPS) is 17.9. The van der Waals surface area contributed by atoms with Crippen LogP contribution in [0, 0.1) is 0 Å². The monoisotopic (exact) mass is 415 g/mol. The van der Waals surface area contributed by atoms with Crippen LogP contribution < -0.4 is 16.4 Å². The Bertz CT molecular complexity index is 793. The Morgan fingerprint density at radius 2 is 2.22 bits per heavy atom. The van der Waals surface area contributed by atoms with Gasteiger partial charge in [0.25, 0.3) is 5.91 Å². The summed E-state index contributed by atoms with van der Waals surface area (Å²) in [6.07, 6.45) is 1.47. The number of methoxy groups -OCH3 is 1. The number of aliphatic carboxylic acids is 1. The van der Waals surface area contributed by atoms with E-state index in [0.717, 1.165) is 18.4 Å². The van der Waals surface area contributed by atoms with E-state index >= 15 is 0 Å². The molecule has 1 amide bonds. The Morgan fingerprint density at radius 3 is 2.78 bits per heavy atom. The van der Waals surface area contributed by atoms with Gasteiger partial charge in [0.05, 0.1) is 7.11 Å². The molecular formula is C14H17N5O6S2. The number of carbonyl (C=O) groups excluding carboxylic acids is 2. The van der Waals surface area contributed by atoms with Crippen molar-refractivity contribution >= 4 is 51.8 Å². The molecule has 2 rings (SSSR count). The second kappa shape index (κ2) is 9.23. The average molecular weight is 415 g/mol. The summed E-state index contributed by atoms with van der Waals surface area (Å²) in [5.41, 5.74) is 5.50. The zero-order valence-electron chi connectivity index (χ0n) is 14.3. The highest BCUT2D eigenvalue weighted by Gasteiger charge is 2.35. The van der Waals surface area contributed by atoms with Crippen LogP contribution in [0.1, 0.15) is 5.69 Å². The number of nitrogens with zero attached hydrogens (tertiary/aromatic N) is 2. The summed E-state index contributed by atoms with van der Waals surface area (Å²) in [4.78, 5) is 44.7. The molecule has 0 bridgehead atoms. The zero-order chi connectivity index (χ0) is 20.0. The van der Waals surface area contributed by atoms with Gasteiger partial charge in [-0.1, -0.05) is 5.16 Å². The number of anilines is 1. The molecule has 1 aromatic heterocycles. The molecule has 0 saturated carbocycles. The van der Waals surface area contributed by atoms with E-state index in [9.17, 15) is 14.4 Å². The van der Waals surface area contributed by atoms with E-state index in [1.165, 1.54) is 30.3 Å². The summed E-state index contributed by atoms with van der Waals surface area (Å²) in [7, 11) is 2.41. The van der Waals surface area contributed by atoms with Gasteiger partial charge in [-0.2, -0.15) is 0 Å². The molecular weight excluding hydrogens is 398 g/mol. The quantitative estimate of drug-likeness (QED) is 0.256. The summed E-state index contributed by atoms with van der Waals surface area (Å²) >= 11 is 2.34. The number of ether oxygens (including phenoxy) is 1. The molecule has 11 nitrogen and oxygen atoms in total. The fourth-order valence-corrected chi connectivity index (χ4v) is 3.70. The number of carboxylic acid groups (broad SMARTS) is 1. The van der Waals surface area contributed by atoms with Gasteiger partial charge in [0, 0.05) is 11.1 Å². The van der Waals surface area contributed by atoms with Crippen LogP contribution in [-0.4, -0.2) is 65.0 Å². The third-order valence-corrected chi connectivity index (χ3v) is 5.08. The maximum Gasteiger partial charge on any atom is 0.351 e. The number of thiazole rings is 1. The van der Waals surface area contributed by atoms with E-state index in [4.69, 9.17) is 15.6 Å². The van der Waals surface area contributed by atoms with Gasteiger partial charge in [-0.05, 0) is 6.08 Å².